The number of rotatable bonds is 3. The minimum absolute atomic E-state index is 0.195. The molecular formula is C21H24N2O. The third-order valence-corrected chi connectivity index (χ3v) is 5.55. The van der Waals surface area contributed by atoms with Gasteiger partial charge in [-0.25, -0.2) is 0 Å². The van der Waals surface area contributed by atoms with E-state index in [2.05, 4.69) is 36.1 Å². The Labute approximate surface area is 143 Å². The molecule has 0 bridgehead atoms. The van der Waals surface area contributed by atoms with Crippen LogP contribution in [-0.2, 0) is 10.2 Å². The van der Waals surface area contributed by atoms with Gasteiger partial charge in [-0.2, -0.15) is 0 Å². The van der Waals surface area contributed by atoms with Crippen molar-refractivity contribution in [2.24, 2.45) is 0 Å². The van der Waals surface area contributed by atoms with E-state index in [4.69, 9.17) is 0 Å². The van der Waals surface area contributed by atoms with Gasteiger partial charge in [0.15, 0.2) is 0 Å². The first-order valence-corrected chi connectivity index (χ1v) is 8.90. The van der Waals surface area contributed by atoms with Crippen LogP contribution < -0.4 is 4.90 Å². The number of carbonyl (C=O) groups excluding carboxylic acids is 1. The van der Waals surface area contributed by atoms with E-state index in [0.717, 1.165) is 29.9 Å². The first kappa shape index (κ1) is 15.4. The van der Waals surface area contributed by atoms with Gasteiger partial charge in [0.25, 0.3) is 0 Å². The lowest BCUT2D eigenvalue weighted by atomic mass is 9.77. The van der Waals surface area contributed by atoms with Gasteiger partial charge in [-0.15, -0.1) is 0 Å². The molecule has 3 nitrogen and oxygen atoms in total. The lowest BCUT2D eigenvalue weighted by Crippen LogP contribution is -2.46. The molecule has 2 heterocycles. The quantitative estimate of drug-likeness (QED) is 0.859. The molecule has 0 spiro atoms. The Hall–Kier alpha value is -2.13. The minimum atomic E-state index is -0.590. The molecule has 2 aromatic rings. The molecule has 4 rings (SSSR count). The molecule has 124 valence electrons. The third kappa shape index (κ3) is 2.35. The third-order valence-electron chi connectivity index (χ3n) is 5.55. The highest BCUT2D eigenvalue weighted by Crippen LogP contribution is 2.45. The predicted molar refractivity (Wildman–Crippen MR) is 97.1 cm³/mol. The number of likely N-dealkylation sites (tertiary alicyclic amines) is 1. The van der Waals surface area contributed by atoms with Crippen LogP contribution in [0.5, 0.6) is 0 Å². The molecule has 1 fully saturated rings. The maximum absolute atomic E-state index is 13.5. The minimum Gasteiger partial charge on any atom is -0.298 e. The van der Waals surface area contributed by atoms with Gasteiger partial charge in [-0.3, -0.25) is 14.6 Å². The van der Waals surface area contributed by atoms with Crippen LogP contribution in [0.1, 0.15) is 37.3 Å². The molecule has 2 aliphatic rings. The topological polar surface area (TPSA) is 23.6 Å². The molecule has 2 aliphatic heterocycles. The molecule has 1 unspecified atom stereocenters. The number of amides is 1. The Morgan fingerprint density at radius 3 is 2.33 bits per heavy atom. The van der Waals surface area contributed by atoms with Crippen molar-refractivity contribution >= 4 is 11.6 Å². The zero-order valence-corrected chi connectivity index (χ0v) is 14.2. The van der Waals surface area contributed by atoms with E-state index < -0.39 is 5.41 Å². The summed E-state index contributed by atoms with van der Waals surface area (Å²) in [6.07, 6.45) is 3.78. The van der Waals surface area contributed by atoms with E-state index >= 15 is 0 Å². The molecule has 0 aliphatic carbocycles. The lowest BCUT2D eigenvalue weighted by Gasteiger charge is -2.32. The Bertz CT molecular complexity index is 737. The largest absolute Gasteiger partial charge is 0.298 e. The SMILES string of the molecule is CC1(c2ccccc2)C(=O)N(CN2CCCCC2)c2ccccc21. The molecule has 2 aromatic carbocycles. The lowest BCUT2D eigenvalue weighted by molar-refractivity contribution is -0.121. The van der Waals surface area contributed by atoms with Gasteiger partial charge in [-0.05, 0) is 50.0 Å². The van der Waals surface area contributed by atoms with E-state index in [1.165, 1.54) is 19.3 Å². The summed E-state index contributed by atoms with van der Waals surface area (Å²) in [5.41, 5.74) is 2.68. The van der Waals surface area contributed by atoms with Crippen LogP contribution in [-0.4, -0.2) is 30.6 Å². The van der Waals surface area contributed by atoms with Crippen molar-refractivity contribution in [3.63, 3.8) is 0 Å². The van der Waals surface area contributed by atoms with Crippen molar-refractivity contribution in [2.75, 3.05) is 24.7 Å². The highest BCUT2D eigenvalue weighted by molar-refractivity contribution is 6.10. The Kier molecular flexibility index (Phi) is 3.89. The number of nitrogens with zero attached hydrogens (tertiary/aromatic N) is 2. The summed E-state index contributed by atoms with van der Waals surface area (Å²) in [5.74, 6) is 0.195. The number of hydrogen-bond donors (Lipinski definition) is 0. The average Bonchev–Trinajstić information content (AvgIpc) is 2.87. The molecule has 1 amide bonds. The molecule has 1 saturated heterocycles. The fourth-order valence-electron chi connectivity index (χ4n) is 4.12. The second kappa shape index (κ2) is 6.06. The first-order valence-electron chi connectivity index (χ1n) is 8.90. The van der Waals surface area contributed by atoms with Crippen molar-refractivity contribution in [2.45, 2.75) is 31.6 Å². The fraction of sp³-hybridized carbons (Fsp3) is 0.381. The van der Waals surface area contributed by atoms with E-state index in [-0.39, 0.29) is 5.91 Å². The fourth-order valence-corrected chi connectivity index (χ4v) is 4.12. The molecule has 24 heavy (non-hydrogen) atoms. The monoisotopic (exact) mass is 320 g/mol. The normalized spacial score (nSPS) is 24.2. The maximum Gasteiger partial charge on any atom is 0.243 e. The van der Waals surface area contributed by atoms with Gasteiger partial charge in [-0.1, -0.05) is 55.0 Å². The van der Waals surface area contributed by atoms with Crippen LogP contribution in [0.15, 0.2) is 54.6 Å². The first-order chi connectivity index (χ1) is 11.7. The Balaban J connectivity index is 1.74. The van der Waals surface area contributed by atoms with Gasteiger partial charge in [0.1, 0.15) is 0 Å². The second-order valence-electron chi connectivity index (χ2n) is 7.06. The molecule has 1 atom stereocenters. The number of piperidine rings is 1. The molecule has 3 heteroatoms. The van der Waals surface area contributed by atoms with Crippen LogP contribution in [0.4, 0.5) is 5.69 Å². The van der Waals surface area contributed by atoms with Gasteiger partial charge < -0.3 is 0 Å². The van der Waals surface area contributed by atoms with Crippen LogP contribution in [0.3, 0.4) is 0 Å². The molecular weight excluding hydrogens is 296 g/mol. The maximum atomic E-state index is 13.5. The number of benzene rings is 2. The average molecular weight is 320 g/mol. The predicted octanol–water partition coefficient (Wildman–Crippen LogP) is 3.78. The zero-order chi connectivity index (χ0) is 16.6. The van der Waals surface area contributed by atoms with E-state index in [0.29, 0.717) is 6.67 Å². The van der Waals surface area contributed by atoms with E-state index in [1.54, 1.807) is 0 Å². The van der Waals surface area contributed by atoms with Crippen molar-refractivity contribution in [3.8, 4) is 0 Å². The summed E-state index contributed by atoms with van der Waals surface area (Å²) in [6.45, 7) is 4.96. The highest BCUT2D eigenvalue weighted by atomic mass is 16.2. The van der Waals surface area contributed by atoms with Gasteiger partial charge in [0.05, 0.1) is 12.1 Å². The summed E-state index contributed by atoms with van der Waals surface area (Å²) in [4.78, 5) is 17.9. The van der Waals surface area contributed by atoms with E-state index in [1.807, 2.05) is 35.2 Å². The zero-order valence-electron chi connectivity index (χ0n) is 14.2. The Morgan fingerprint density at radius 1 is 0.917 bits per heavy atom. The summed E-state index contributed by atoms with van der Waals surface area (Å²) < 4.78 is 0. The van der Waals surface area contributed by atoms with Crippen LogP contribution in [0.2, 0.25) is 0 Å². The number of anilines is 1. The van der Waals surface area contributed by atoms with Crippen LogP contribution in [0.25, 0.3) is 0 Å². The molecule has 0 aromatic heterocycles. The summed E-state index contributed by atoms with van der Waals surface area (Å²) in [6, 6.07) is 18.4. The number of hydrogen-bond acceptors (Lipinski definition) is 2. The number of para-hydroxylation sites is 1. The number of fused-ring (bicyclic) bond motifs is 1. The highest BCUT2D eigenvalue weighted by Gasteiger charge is 2.48. The van der Waals surface area contributed by atoms with E-state index in [9.17, 15) is 4.79 Å². The van der Waals surface area contributed by atoms with Gasteiger partial charge in [0.2, 0.25) is 5.91 Å². The summed E-state index contributed by atoms with van der Waals surface area (Å²) in [5, 5.41) is 0. The van der Waals surface area contributed by atoms with Crippen molar-refractivity contribution in [1.29, 1.82) is 0 Å². The van der Waals surface area contributed by atoms with Gasteiger partial charge in [0, 0.05) is 5.69 Å². The standard InChI is InChI=1S/C21H24N2O/c1-21(17-10-4-2-5-11-17)18-12-6-7-13-19(18)23(20(21)24)16-22-14-8-3-9-15-22/h2,4-7,10-13H,3,8-9,14-16H2,1H3. The second-order valence-corrected chi connectivity index (χ2v) is 7.06. The molecule has 0 saturated carbocycles. The van der Waals surface area contributed by atoms with Crippen LogP contribution in [0, 0.1) is 0 Å². The van der Waals surface area contributed by atoms with Crippen LogP contribution >= 0.6 is 0 Å². The molecule has 0 N–H and O–H groups in total. The summed E-state index contributed by atoms with van der Waals surface area (Å²) >= 11 is 0. The number of carbonyl (C=O) groups is 1. The van der Waals surface area contributed by atoms with Crippen molar-refractivity contribution < 1.29 is 4.79 Å². The van der Waals surface area contributed by atoms with Crippen molar-refractivity contribution in [1.82, 2.24) is 4.90 Å². The van der Waals surface area contributed by atoms with Gasteiger partial charge >= 0.3 is 0 Å². The molecule has 0 radical (unpaired) electrons. The summed E-state index contributed by atoms with van der Waals surface area (Å²) in [7, 11) is 0. The van der Waals surface area contributed by atoms with Crippen molar-refractivity contribution in [3.05, 3.63) is 65.7 Å². The smallest absolute Gasteiger partial charge is 0.243 e. The Morgan fingerprint density at radius 2 is 1.58 bits per heavy atom.